The number of hydrogen-bond donors (Lipinski definition) is 2. The summed E-state index contributed by atoms with van der Waals surface area (Å²) in [7, 11) is 1.66. The summed E-state index contributed by atoms with van der Waals surface area (Å²) in [4.78, 5) is 12.0. The van der Waals surface area contributed by atoms with E-state index in [1.165, 1.54) is 0 Å². The van der Waals surface area contributed by atoms with E-state index in [4.69, 9.17) is 10.5 Å². The molecular formula is C12H26N2O2. The molecular weight excluding hydrogens is 204 g/mol. The topological polar surface area (TPSA) is 64.3 Å². The van der Waals surface area contributed by atoms with Gasteiger partial charge in [0, 0.05) is 19.2 Å². The molecule has 4 heteroatoms. The number of hydrogen-bond acceptors (Lipinski definition) is 3. The molecule has 0 aromatic carbocycles. The quantitative estimate of drug-likeness (QED) is 0.719. The summed E-state index contributed by atoms with van der Waals surface area (Å²) in [6, 6.07) is 0. The van der Waals surface area contributed by atoms with Crippen molar-refractivity contribution in [3.63, 3.8) is 0 Å². The lowest BCUT2D eigenvalue weighted by Crippen LogP contribution is -2.56. The van der Waals surface area contributed by atoms with E-state index >= 15 is 0 Å². The molecule has 0 saturated carbocycles. The average molecular weight is 230 g/mol. The van der Waals surface area contributed by atoms with E-state index in [9.17, 15) is 4.79 Å². The monoisotopic (exact) mass is 230 g/mol. The first kappa shape index (κ1) is 15.4. The minimum absolute atomic E-state index is 0.0112. The molecule has 16 heavy (non-hydrogen) atoms. The molecule has 1 atom stereocenters. The van der Waals surface area contributed by atoms with E-state index in [2.05, 4.69) is 5.32 Å². The van der Waals surface area contributed by atoms with Crippen LogP contribution in [0.25, 0.3) is 0 Å². The minimum Gasteiger partial charge on any atom is -0.384 e. The molecule has 3 N–H and O–H groups in total. The maximum atomic E-state index is 12.0. The second kappa shape index (κ2) is 5.64. The molecule has 4 nitrogen and oxygen atoms in total. The van der Waals surface area contributed by atoms with E-state index in [1.807, 2.05) is 34.6 Å². The summed E-state index contributed by atoms with van der Waals surface area (Å²) in [5, 5.41) is 2.92. The predicted molar refractivity (Wildman–Crippen MR) is 66.1 cm³/mol. The zero-order chi connectivity index (χ0) is 13.0. The third-order valence-corrected chi connectivity index (χ3v) is 3.24. The van der Waals surface area contributed by atoms with Crippen LogP contribution in [0.2, 0.25) is 0 Å². The molecule has 0 bridgehead atoms. The van der Waals surface area contributed by atoms with Gasteiger partial charge in [0.1, 0.15) is 0 Å². The number of nitrogens with two attached hydrogens (primary N) is 1. The van der Waals surface area contributed by atoms with Crippen LogP contribution < -0.4 is 11.1 Å². The molecule has 1 unspecified atom stereocenters. The molecule has 1 amide bonds. The summed E-state index contributed by atoms with van der Waals surface area (Å²) in [6.45, 7) is 10.8. The SMILES string of the molecule is COCC(C)CNC(=O)C(C)(C)C(C)(C)N. The van der Waals surface area contributed by atoms with Crippen molar-refractivity contribution in [2.75, 3.05) is 20.3 Å². The first-order chi connectivity index (χ1) is 7.13. The molecule has 0 spiro atoms. The summed E-state index contributed by atoms with van der Waals surface area (Å²) in [5.74, 6) is 0.300. The fraction of sp³-hybridized carbons (Fsp3) is 0.917. The van der Waals surface area contributed by atoms with Gasteiger partial charge in [0.2, 0.25) is 5.91 Å². The summed E-state index contributed by atoms with van der Waals surface area (Å²) < 4.78 is 5.01. The fourth-order valence-electron chi connectivity index (χ4n) is 1.12. The van der Waals surface area contributed by atoms with Gasteiger partial charge in [-0.1, -0.05) is 6.92 Å². The van der Waals surface area contributed by atoms with Crippen LogP contribution in [-0.4, -0.2) is 31.7 Å². The van der Waals surface area contributed by atoms with Gasteiger partial charge in [-0.2, -0.15) is 0 Å². The van der Waals surface area contributed by atoms with Crippen molar-refractivity contribution in [2.45, 2.75) is 40.2 Å². The Bertz CT molecular complexity index is 232. The Morgan fingerprint density at radius 1 is 1.38 bits per heavy atom. The van der Waals surface area contributed by atoms with E-state index in [1.54, 1.807) is 7.11 Å². The van der Waals surface area contributed by atoms with Crippen LogP contribution in [-0.2, 0) is 9.53 Å². The van der Waals surface area contributed by atoms with Crippen LogP contribution in [0.5, 0.6) is 0 Å². The predicted octanol–water partition coefficient (Wildman–Crippen LogP) is 1.15. The maximum Gasteiger partial charge on any atom is 0.227 e. The highest BCUT2D eigenvalue weighted by atomic mass is 16.5. The zero-order valence-corrected chi connectivity index (χ0v) is 11.4. The number of carbonyl (C=O) groups excluding carboxylic acids is 1. The molecule has 0 aromatic rings. The van der Waals surface area contributed by atoms with Crippen LogP contribution >= 0.6 is 0 Å². The Kier molecular flexibility index (Phi) is 5.42. The van der Waals surface area contributed by atoms with Crippen LogP contribution in [0.4, 0.5) is 0 Å². The summed E-state index contributed by atoms with van der Waals surface area (Å²) >= 11 is 0. The fourth-order valence-corrected chi connectivity index (χ4v) is 1.12. The highest BCUT2D eigenvalue weighted by molar-refractivity contribution is 5.83. The largest absolute Gasteiger partial charge is 0.384 e. The lowest BCUT2D eigenvalue weighted by molar-refractivity contribution is -0.132. The Labute approximate surface area is 98.9 Å². The number of amides is 1. The Hall–Kier alpha value is -0.610. The molecule has 96 valence electrons. The number of carbonyl (C=O) groups is 1. The van der Waals surface area contributed by atoms with Crippen LogP contribution in [0, 0.1) is 11.3 Å². The molecule has 0 fully saturated rings. The minimum atomic E-state index is -0.584. The molecule has 0 aromatic heterocycles. The number of rotatable bonds is 6. The first-order valence-electron chi connectivity index (χ1n) is 5.69. The Morgan fingerprint density at radius 3 is 2.25 bits per heavy atom. The van der Waals surface area contributed by atoms with E-state index in [-0.39, 0.29) is 5.91 Å². The Balaban J connectivity index is 4.27. The molecule has 0 aliphatic carbocycles. The van der Waals surface area contributed by atoms with Crippen molar-refractivity contribution < 1.29 is 9.53 Å². The van der Waals surface area contributed by atoms with Crippen molar-refractivity contribution in [1.82, 2.24) is 5.32 Å². The lowest BCUT2D eigenvalue weighted by Gasteiger charge is -2.37. The molecule has 0 aliphatic rings. The second-order valence-corrected chi connectivity index (χ2v) is 5.62. The zero-order valence-electron chi connectivity index (χ0n) is 11.4. The van der Waals surface area contributed by atoms with Crippen molar-refractivity contribution >= 4 is 5.91 Å². The normalized spacial score (nSPS) is 14.7. The van der Waals surface area contributed by atoms with Crippen molar-refractivity contribution in [3.05, 3.63) is 0 Å². The average Bonchev–Trinajstić information content (AvgIpc) is 2.12. The molecule has 0 rings (SSSR count). The van der Waals surface area contributed by atoms with Crippen molar-refractivity contribution in [1.29, 1.82) is 0 Å². The van der Waals surface area contributed by atoms with Gasteiger partial charge in [-0.3, -0.25) is 4.79 Å². The van der Waals surface area contributed by atoms with Gasteiger partial charge in [0.05, 0.1) is 12.0 Å². The van der Waals surface area contributed by atoms with Crippen molar-refractivity contribution in [2.24, 2.45) is 17.1 Å². The maximum absolute atomic E-state index is 12.0. The van der Waals surface area contributed by atoms with E-state index in [0.29, 0.717) is 19.1 Å². The number of nitrogens with one attached hydrogen (secondary N) is 1. The third-order valence-electron chi connectivity index (χ3n) is 3.24. The highest BCUT2D eigenvalue weighted by Crippen LogP contribution is 2.28. The summed E-state index contributed by atoms with van der Waals surface area (Å²) in [5.41, 5.74) is 4.87. The van der Waals surface area contributed by atoms with Crippen LogP contribution in [0.3, 0.4) is 0 Å². The van der Waals surface area contributed by atoms with Gasteiger partial charge < -0.3 is 15.8 Å². The van der Waals surface area contributed by atoms with Gasteiger partial charge in [0.25, 0.3) is 0 Å². The van der Waals surface area contributed by atoms with Crippen LogP contribution in [0.15, 0.2) is 0 Å². The van der Waals surface area contributed by atoms with Gasteiger partial charge >= 0.3 is 0 Å². The molecule has 0 radical (unpaired) electrons. The van der Waals surface area contributed by atoms with Crippen molar-refractivity contribution in [3.8, 4) is 0 Å². The number of methoxy groups -OCH3 is 1. The molecule has 0 aliphatic heterocycles. The standard InChI is InChI=1S/C12H26N2O2/c1-9(8-16-6)7-14-10(15)11(2,3)12(4,5)13/h9H,7-8,13H2,1-6H3,(H,14,15). The Morgan fingerprint density at radius 2 is 1.88 bits per heavy atom. The third kappa shape index (κ3) is 4.10. The van der Waals surface area contributed by atoms with Crippen LogP contribution in [0.1, 0.15) is 34.6 Å². The molecule has 0 saturated heterocycles. The lowest BCUT2D eigenvalue weighted by atomic mass is 9.74. The van der Waals surface area contributed by atoms with Gasteiger partial charge in [-0.25, -0.2) is 0 Å². The first-order valence-corrected chi connectivity index (χ1v) is 5.69. The van der Waals surface area contributed by atoms with E-state index < -0.39 is 11.0 Å². The molecule has 0 heterocycles. The summed E-state index contributed by atoms with van der Waals surface area (Å²) in [6.07, 6.45) is 0. The number of ether oxygens (including phenoxy) is 1. The van der Waals surface area contributed by atoms with E-state index in [0.717, 1.165) is 0 Å². The smallest absolute Gasteiger partial charge is 0.227 e. The van der Waals surface area contributed by atoms with Gasteiger partial charge in [-0.15, -0.1) is 0 Å². The van der Waals surface area contributed by atoms with Gasteiger partial charge in [-0.05, 0) is 33.6 Å². The van der Waals surface area contributed by atoms with Gasteiger partial charge in [0.15, 0.2) is 0 Å². The highest BCUT2D eigenvalue weighted by Gasteiger charge is 2.40. The second-order valence-electron chi connectivity index (χ2n) is 5.62.